The fraction of sp³-hybridized carbons (Fsp3) is 0.357. The largest absolute Gasteiger partial charge is 0.481 e. The number of aliphatic carboxylic acids is 2. The standard InChI is InChI=1S/C14H17NO5S/c1-9-3-2-4-10(5-9)7-21-8-12(16)15-11(14(19)20)6-13(17)18/h2-5,11H,6-8H2,1H3,(H,15,16)(H,17,18)(H,19,20)/t11-/m0/s1. The maximum absolute atomic E-state index is 11.6. The van der Waals surface area contributed by atoms with Crippen molar-refractivity contribution in [2.75, 3.05) is 5.75 Å². The number of benzene rings is 1. The molecular formula is C14H17NO5S. The van der Waals surface area contributed by atoms with Crippen molar-refractivity contribution in [3.05, 3.63) is 35.4 Å². The second-order valence-corrected chi connectivity index (χ2v) is 5.52. The van der Waals surface area contributed by atoms with Crippen LogP contribution >= 0.6 is 11.8 Å². The summed E-state index contributed by atoms with van der Waals surface area (Å²) >= 11 is 1.34. The molecule has 0 aliphatic carbocycles. The van der Waals surface area contributed by atoms with Gasteiger partial charge in [-0.15, -0.1) is 11.8 Å². The van der Waals surface area contributed by atoms with E-state index in [0.717, 1.165) is 11.1 Å². The van der Waals surface area contributed by atoms with Gasteiger partial charge in [0.1, 0.15) is 6.04 Å². The van der Waals surface area contributed by atoms with Crippen molar-refractivity contribution in [3.8, 4) is 0 Å². The van der Waals surface area contributed by atoms with Gasteiger partial charge in [0.25, 0.3) is 0 Å². The third-order valence-electron chi connectivity index (χ3n) is 2.60. The van der Waals surface area contributed by atoms with Gasteiger partial charge in [-0.05, 0) is 12.5 Å². The van der Waals surface area contributed by atoms with Gasteiger partial charge >= 0.3 is 11.9 Å². The van der Waals surface area contributed by atoms with Gasteiger partial charge in [-0.3, -0.25) is 9.59 Å². The Hall–Kier alpha value is -2.02. The summed E-state index contributed by atoms with van der Waals surface area (Å²) in [7, 11) is 0. The van der Waals surface area contributed by atoms with Gasteiger partial charge in [-0.1, -0.05) is 29.8 Å². The van der Waals surface area contributed by atoms with Crippen molar-refractivity contribution in [3.63, 3.8) is 0 Å². The summed E-state index contributed by atoms with van der Waals surface area (Å²) in [5.74, 6) is -2.39. The van der Waals surface area contributed by atoms with Gasteiger partial charge in [-0.2, -0.15) is 0 Å². The molecule has 3 N–H and O–H groups in total. The predicted octanol–water partition coefficient (Wildman–Crippen LogP) is 1.27. The van der Waals surface area contributed by atoms with Crippen LogP contribution in [0.2, 0.25) is 0 Å². The molecule has 0 aromatic heterocycles. The summed E-state index contributed by atoms with van der Waals surface area (Å²) in [6, 6.07) is 6.47. The highest BCUT2D eigenvalue weighted by Crippen LogP contribution is 2.13. The van der Waals surface area contributed by atoms with Gasteiger partial charge in [-0.25, -0.2) is 4.79 Å². The second-order valence-electron chi connectivity index (χ2n) is 4.54. The smallest absolute Gasteiger partial charge is 0.326 e. The second kappa shape index (κ2) is 8.31. The summed E-state index contributed by atoms with van der Waals surface area (Å²) in [6.07, 6.45) is -0.635. The Morgan fingerprint density at radius 2 is 2.00 bits per heavy atom. The number of aryl methyl sites for hydroxylation is 1. The van der Waals surface area contributed by atoms with Crippen LogP contribution in [0.25, 0.3) is 0 Å². The van der Waals surface area contributed by atoms with E-state index < -0.39 is 30.3 Å². The summed E-state index contributed by atoms with van der Waals surface area (Å²) in [4.78, 5) is 32.9. The van der Waals surface area contributed by atoms with Crippen molar-refractivity contribution in [2.24, 2.45) is 0 Å². The number of carboxylic acid groups (broad SMARTS) is 2. The topological polar surface area (TPSA) is 104 Å². The number of carbonyl (C=O) groups is 3. The first-order valence-electron chi connectivity index (χ1n) is 6.25. The van der Waals surface area contributed by atoms with E-state index in [-0.39, 0.29) is 5.75 Å². The van der Waals surface area contributed by atoms with Crippen molar-refractivity contribution in [2.45, 2.75) is 25.1 Å². The van der Waals surface area contributed by atoms with E-state index in [1.54, 1.807) is 0 Å². The van der Waals surface area contributed by atoms with E-state index in [1.807, 2.05) is 31.2 Å². The Labute approximate surface area is 126 Å². The minimum absolute atomic E-state index is 0.0807. The molecule has 1 aromatic carbocycles. The first-order chi connectivity index (χ1) is 9.88. The normalized spacial score (nSPS) is 11.7. The maximum atomic E-state index is 11.6. The van der Waals surface area contributed by atoms with Crippen LogP contribution in [0.15, 0.2) is 24.3 Å². The molecule has 1 aromatic rings. The lowest BCUT2D eigenvalue weighted by Gasteiger charge is -2.12. The first-order valence-corrected chi connectivity index (χ1v) is 7.41. The highest BCUT2D eigenvalue weighted by molar-refractivity contribution is 7.99. The zero-order chi connectivity index (χ0) is 15.8. The molecule has 0 spiro atoms. The Bertz CT molecular complexity index is 532. The zero-order valence-electron chi connectivity index (χ0n) is 11.5. The number of carboxylic acids is 2. The number of carbonyl (C=O) groups excluding carboxylic acids is 1. The average Bonchev–Trinajstić information content (AvgIpc) is 2.37. The van der Waals surface area contributed by atoms with Crippen LogP contribution in [0, 0.1) is 6.92 Å². The Balaban J connectivity index is 2.39. The molecule has 1 amide bonds. The van der Waals surface area contributed by atoms with Crippen LogP contribution < -0.4 is 5.32 Å². The fourth-order valence-corrected chi connectivity index (χ4v) is 2.46. The molecule has 21 heavy (non-hydrogen) atoms. The van der Waals surface area contributed by atoms with E-state index in [9.17, 15) is 14.4 Å². The van der Waals surface area contributed by atoms with Crippen LogP contribution in [0.5, 0.6) is 0 Å². The van der Waals surface area contributed by atoms with Crippen LogP contribution in [-0.2, 0) is 20.1 Å². The molecule has 0 aliphatic heterocycles. The third kappa shape index (κ3) is 6.80. The SMILES string of the molecule is Cc1cccc(CSCC(=O)N[C@@H](CC(=O)O)C(=O)O)c1. The predicted molar refractivity (Wildman–Crippen MR) is 79.2 cm³/mol. The van der Waals surface area contributed by atoms with Crippen LogP contribution in [0.4, 0.5) is 0 Å². The van der Waals surface area contributed by atoms with Crippen LogP contribution in [0.3, 0.4) is 0 Å². The fourth-order valence-electron chi connectivity index (χ4n) is 1.67. The molecule has 1 atom stereocenters. The maximum Gasteiger partial charge on any atom is 0.326 e. The molecular weight excluding hydrogens is 294 g/mol. The van der Waals surface area contributed by atoms with E-state index in [1.165, 1.54) is 11.8 Å². The minimum Gasteiger partial charge on any atom is -0.481 e. The zero-order valence-corrected chi connectivity index (χ0v) is 12.4. The van der Waals surface area contributed by atoms with Crippen molar-refractivity contribution >= 4 is 29.6 Å². The summed E-state index contributed by atoms with van der Waals surface area (Å²) < 4.78 is 0. The molecule has 0 saturated carbocycles. The average molecular weight is 311 g/mol. The quantitative estimate of drug-likeness (QED) is 0.668. The lowest BCUT2D eigenvalue weighted by Crippen LogP contribution is -2.43. The molecule has 1 rings (SSSR count). The molecule has 0 aliphatic rings. The lowest BCUT2D eigenvalue weighted by atomic mass is 10.2. The molecule has 0 bridgehead atoms. The number of hydrogen-bond donors (Lipinski definition) is 3. The first kappa shape index (κ1) is 17.0. The van der Waals surface area contributed by atoms with Gasteiger partial charge < -0.3 is 15.5 Å². The number of thioether (sulfide) groups is 1. The molecule has 114 valence electrons. The van der Waals surface area contributed by atoms with E-state index >= 15 is 0 Å². The van der Waals surface area contributed by atoms with Gasteiger partial charge in [0.15, 0.2) is 0 Å². The summed E-state index contributed by atoms with van der Waals surface area (Å²) in [5, 5.41) is 19.6. The van der Waals surface area contributed by atoms with Crippen molar-refractivity contribution < 1.29 is 24.6 Å². The Kier molecular flexibility index (Phi) is 6.74. The number of rotatable bonds is 8. The van der Waals surface area contributed by atoms with Gasteiger partial charge in [0.05, 0.1) is 12.2 Å². The molecule has 0 radical (unpaired) electrons. The molecule has 0 unspecified atom stereocenters. The summed E-state index contributed by atoms with van der Waals surface area (Å²) in [6.45, 7) is 1.98. The van der Waals surface area contributed by atoms with Crippen molar-refractivity contribution in [1.82, 2.24) is 5.32 Å². The molecule has 0 heterocycles. The van der Waals surface area contributed by atoms with E-state index in [2.05, 4.69) is 5.32 Å². The molecule has 0 fully saturated rings. The van der Waals surface area contributed by atoms with Crippen LogP contribution in [0.1, 0.15) is 17.5 Å². The summed E-state index contributed by atoms with van der Waals surface area (Å²) in [5.41, 5.74) is 2.21. The van der Waals surface area contributed by atoms with Gasteiger partial charge in [0, 0.05) is 5.75 Å². The highest BCUT2D eigenvalue weighted by Gasteiger charge is 2.22. The molecule has 7 heteroatoms. The number of nitrogens with one attached hydrogen (secondary N) is 1. The number of amides is 1. The van der Waals surface area contributed by atoms with E-state index in [0.29, 0.717) is 5.75 Å². The molecule has 6 nitrogen and oxygen atoms in total. The third-order valence-corrected chi connectivity index (χ3v) is 3.60. The van der Waals surface area contributed by atoms with Gasteiger partial charge in [0.2, 0.25) is 5.91 Å². The lowest BCUT2D eigenvalue weighted by molar-refractivity contribution is -0.147. The molecule has 0 saturated heterocycles. The van der Waals surface area contributed by atoms with E-state index in [4.69, 9.17) is 10.2 Å². The monoisotopic (exact) mass is 311 g/mol. The minimum atomic E-state index is -1.39. The Morgan fingerprint density at radius 3 is 2.57 bits per heavy atom. The Morgan fingerprint density at radius 1 is 1.29 bits per heavy atom. The number of hydrogen-bond acceptors (Lipinski definition) is 4. The van der Waals surface area contributed by atoms with Crippen LogP contribution in [-0.4, -0.2) is 39.9 Å². The highest BCUT2D eigenvalue weighted by atomic mass is 32.2. The van der Waals surface area contributed by atoms with Crippen molar-refractivity contribution in [1.29, 1.82) is 0 Å².